The highest BCUT2D eigenvalue weighted by molar-refractivity contribution is 5.91. The zero-order chi connectivity index (χ0) is 19.8. The van der Waals surface area contributed by atoms with E-state index in [4.69, 9.17) is 4.74 Å². The molecule has 5 heteroatoms. The Kier molecular flexibility index (Phi) is 6.31. The standard InChI is InChI=1S/C23H20N2O3/c1-17-6-5-9-20(14-17)23(27)28-21-12-10-19(11-13-21)16-24-25-22(26)15-18-7-3-2-4-8-18/h2-14,16H,15H2,1H3,(H,25,26). The molecule has 0 radical (unpaired) electrons. The number of rotatable bonds is 6. The summed E-state index contributed by atoms with van der Waals surface area (Å²) in [4.78, 5) is 24.0. The third kappa shape index (κ3) is 5.64. The molecule has 5 nitrogen and oxygen atoms in total. The largest absolute Gasteiger partial charge is 0.423 e. The van der Waals surface area contributed by atoms with E-state index in [9.17, 15) is 9.59 Å². The van der Waals surface area contributed by atoms with Gasteiger partial charge in [-0.1, -0.05) is 48.0 Å². The zero-order valence-corrected chi connectivity index (χ0v) is 15.5. The van der Waals surface area contributed by atoms with E-state index in [1.54, 1.807) is 36.4 Å². The van der Waals surface area contributed by atoms with Crippen LogP contribution in [0.4, 0.5) is 0 Å². The Morgan fingerprint density at radius 3 is 2.43 bits per heavy atom. The second-order valence-electron chi connectivity index (χ2n) is 6.28. The van der Waals surface area contributed by atoms with Crippen molar-refractivity contribution in [2.75, 3.05) is 0 Å². The topological polar surface area (TPSA) is 67.8 Å². The average molecular weight is 372 g/mol. The average Bonchev–Trinajstić information content (AvgIpc) is 2.70. The first-order valence-electron chi connectivity index (χ1n) is 8.85. The summed E-state index contributed by atoms with van der Waals surface area (Å²) in [6.07, 6.45) is 1.81. The number of amides is 1. The third-order valence-electron chi connectivity index (χ3n) is 3.95. The minimum absolute atomic E-state index is 0.189. The van der Waals surface area contributed by atoms with Crippen LogP contribution in [0.25, 0.3) is 0 Å². The van der Waals surface area contributed by atoms with Gasteiger partial charge in [0.2, 0.25) is 5.91 Å². The number of hydrogen-bond acceptors (Lipinski definition) is 4. The summed E-state index contributed by atoms with van der Waals surface area (Å²) >= 11 is 0. The highest BCUT2D eigenvalue weighted by Crippen LogP contribution is 2.14. The van der Waals surface area contributed by atoms with Crippen LogP contribution >= 0.6 is 0 Å². The van der Waals surface area contributed by atoms with Gasteiger partial charge in [-0.15, -0.1) is 0 Å². The molecule has 0 unspecified atom stereocenters. The Morgan fingerprint density at radius 2 is 1.71 bits per heavy atom. The molecule has 0 aliphatic carbocycles. The fourth-order valence-corrected chi connectivity index (χ4v) is 2.56. The molecule has 3 aromatic rings. The van der Waals surface area contributed by atoms with Gasteiger partial charge in [-0.3, -0.25) is 4.79 Å². The van der Waals surface area contributed by atoms with Crippen LogP contribution in [0.3, 0.4) is 0 Å². The summed E-state index contributed by atoms with van der Waals surface area (Å²) in [6, 6.07) is 23.6. The van der Waals surface area contributed by atoms with Crippen molar-refractivity contribution >= 4 is 18.1 Å². The van der Waals surface area contributed by atoms with E-state index >= 15 is 0 Å². The van der Waals surface area contributed by atoms with Crippen LogP contribution in [0.5, 0.6) is 5.75 Å². The van der Waals surface area contributed by atoms with Gasteiger partial charge in [0.05, 0.1) is 18.2 Å². The van der Waals surface area contributed by atoms with E-state index in [0.29, 0.717) is 11.3 Å². The van der Waals surface area contributed by atoms with E-state index in [1.165, 1.54) is 6.21 Å². The molecule has 0 aromatic heterocycles. The molecule has 3 aromatic carbocycles. The molecule has 1 N–H and O–H groups in total. The lowest BCUT2D eigenvalue weighted by Gasteiger charge is -2.05. The number of esters is 1. The Labute approximate surface area is 163 Å². The minimum atomic E-state index is -0.404. The van der Waals surface area contributed by atoms with Crippen molar-refractivity contribution in [1.82, 2.24) is 5.43 Å². The minimum Gasteiger partial charge on any atom is -0.423 e. The molecule has 1 amide bonds. The second kappa shape index (κ2) is 9.28. The van der Waals surface area contributed by atoms with Crippen LogP contribution in [0.1, 0.15) is 27.0 Å². The van der Waals surface area contributed by atoms with E-state index in [2.05, 4.69) is 10.5 Å². The van der Waals surface area contributed by atoms with Gasteiger partial charge in [0.15, 0.2) is 0 Å². The zero-order valence-electron chi connectivity index (χ0n) is 15.5. The maximum absolute atomic E-state index is 12.2. The van der Waals surface area contributed by atoms with Gasteiger partial charge in [0.1, 0.15) is 5.75 Å². The van der Waals surface area contributed by atoms with E-state index < -0.39 is 5.97 Å². The Bertz CT molecular complexity index is 980. The van der Waals surface area contributed by atoms with Gasteiger partial charge in [-0.25, -0.2) is 10.2 Å². The number of nitrogens with zero attached hydrogens (tertiary/aromatic N) is 1. The van der Waals surface area contributed by atoms with E-state index in [-0.39, 0.29) is 12.3 Å². The van der Waals surface area contributed by atoms with Gasteiger partial charge >= 0.3 is 5.97 Å². The number of aryl methyl sites for hydroxylation is 1. The molecule has 28 heavy (non-hydrogen) atoms. The molecule has 0 saturated heterocycles. The molecule has 0 aliphatic heterocycles. The number of hydrogen-bond donors (Lipinski definition) is 1. The van der Waals surface area contributed by atoms with Gasteiger partial charge in [-0.05, 0) is 54.4 Å². The maximum Gasteiger partial charge on any atom is 0.343 e. The lowest BCUT2D eigenvalue weighted by Crippen LogP contribution is -2.19. The summed E-state index contributed by atoms with van der Waals surface area (Å²) < 4.78 is 5.37. The molecule has 0 fully saturated rings. The van der Waals surface area contributed by atoms with Crippen molar-refractivity contribution in [1.29, 1.82) is 0 Å². The van der Waals surface area contributed by atoms with Crippen molar-refractivity contribution in [3.05, 3.63) is 101 Å². The molecule has 3 rings (SSSR count). The third-order valence-corrected chi connectivity index (χ3v) is 3.95. The summed E-state index contributed by atoms with van der Waals surface area (Å²) in [5.74, 6) is -0.152. The van der Waals surface area contributed by atoms with Crippen molar-refractivity contribution in [2.24, 2.45) is 5.10 Å². The van der Waals surface area contributed by atoms with Crippen molar-refractivity contribution < 1.29 is 14.3 Å². The van der Waals surface area contributed by atoms with E-state index in [1.807, 2.05) is 49.4 Å². The Hall–Kier alpha value is -3.73. The van der Waals surface area contributed by atoms with Crippen molar-refractivity contribution in [3.63, 3.8) is 0 Å². The van der Waals surface area contributed by atoms with Crippen molar-refractivity contribution in [3.8, 4) is 5.75 Å². The number of hydrazone groups is 1. The van der Waals surface area contributed by atoms with E-state index in [0.717, 1.165) is 16.7 Å². The lowest BCUT2D eigenvalue weighted by atomic mass is 10.1. The molecule has 0 saturated carbocycles. The van der Waals surface area contributed by atoms with Gasteiger partial charge < -0.3 is 4.74 Å². The maximum atomic E-state index is 12.2. The highest BCUT2D eigenvalue weighted by Gasteiger charge is 2.08. The normalized spacial score (nSPS) is 10.6. The molecule has 0 bridgehead atoms. The monoisotopic (exact) mass is 372 g/mol. The molecule has 140 valence electrons. The Balaban J connectivity index is 1.52. The van der Waals surface area contributed by atoms with Gasteiger partial charge in [-0.2, -0.15) is 5.10 Å². The molecule has 0 heterocycles. The number of ether oxygens (including phenoxy) is 1. The summed E-state index contributed by atoms with van der Waals surface area (Å²) in [5, 5.41) is 3.95. The number of benzene rings is 3. The fraction of sp³-hybridized carbons (Fsp3) is 0.0870. The SMILES string of the molecule is Cc1cccc(C(=O)Oc2ccc(C=NNC(=O)Cc3ccccc3)cc2)c1. The number of nitrogens with one attached hydrogen (secondary N) is 1. The predicted molar refractivity (Wildman–Crippen MR) is 108 cm³/mol. The molecular formula is C23H20N2O3. The lowest BCUT2D eigenvalue weighted by molar-refractivity contribution is -0.120. The van der Waals surface area contributed by atoms with Gasteiger partial charge in [0, 0.05) is 0 Å². The van der Waals surface area contributed by atoms with Crippen LogP contribution in [-0.4, -0.2) is 18.1 Å². The first kappa shape index (κ1) is 19.0. The summed E-state index contributed by atoms with van der Waals surface area (Å²) in [7, 11) is 0. The summed E-state index contributed by atoms with van der Waals surface area (Å²) in [5.41, 5.74) is 5.70. The smallest absolute Gasteiger partial charge is 0.343 e. The first-order valence-corrected chi connectivity index (χ1v) is 8.85. The van der Waals surface area contributed by atoms with Crippen LogP contribution in [-0.2, 0) is 11.2 Å². The molecule has 0 aliphatic rings. The van der Waals surface area contributed by atoms with Crippen molar-refractivity contribution in [2.45, 2.75) is 13.3 Å². The molecule has 0 atom stereocenters. The number of carbonyl (C=O) groups excluding carboxylic acids is 2. The van der Waals surface area contributed by atoms with Crippen LogP contribution < -0.4 is 10.2 Å². The number of carbonyl (C=O) groups is 2. The highest BCUT2D eigenvalue weighted by atomic mass is 16.5. The Morgan fingerprint density at radius 1 is 0.964 bits per heavy atom. The predicted octanol–water partition coefficient (Wildman–Crippen LogP) is 3.91. The quantitative estimate of drug-likeness (QED) is 0.309. The van der Waals surface area contributed by atoms with Gasteiger partial charge in [0.25, 0.3) is 0 Å². The van der Waals surface area contributed by atoms with Crippen LogP contribution in [0.15, 0.2) is 84.0 Å². The van der Waals surface area contributed by atoms with Crippen LogP contribution in [0, 0.1) is 6.92 Å². The summed E-state index contributed by atoms with van der Waals surface area (Å²) in [6.45, 7) is 1.92. The second-order valence-corrected chi connectivity index (χ2v) is 6.28. The fourth-order valence-electron chi connectivity index (χ4n) is 2.56. The molecule has 0 spiro atoms. The first-order chi connectivity index (χ1) is 13.6. The molecular weight excluding hydrogens is 352 g/mol. The van der Waals surface area contributed by atoms with Crippen LogP contribution in [0.2, 0.25) is 0 Å².